The molecule has 9 heteroatoms. The summed E-state index contributed by atoms with van der Waals surface area (Å²) in [6, 6.07) is 33.5. The van der Waals surface area contributed by atoms with Crippen LogP contribution in [0.15, 0.2) is 115 Å². The van der Waals surface area contributed by atoms with Crippen molar-refractivity contribution in [2.24, 2.45) is 0 Å². The van der Waals surface area contributed by atoms with Gasteiger partial charge in [-0.3, -0.25) is 0 Å². The van der Waals surface area contributed by atoms with Crippen molar-refractivity contribution >= 4 is 40.5 Å². The van der Waals surface area contributed by atoms with Gasteiger partial charge in [-0.1, -0.05) is 0 Å². The molecule has 2 aliphatic carbocycles. The van der Waals surface area contributed by atoms with E-state index < -0.39 is 47.9 Å². The Labute approximate surface area is 336 Å². The van der Waals surface area contributed by atoms with E-state index in [-0.39, 0.29) is 28.0 Å². The van der Waals surface area contributed by atoms with Gasteiger partial charge in [0.15, 0.2) is 0 Å². The molecule has 2 unspecified atom stereocenters. The third kappa shape index (κ3) is 7.30. The Morgan fingerprint density at radius 2 is 1.04 bits per heavy atom. The second kappa shape index (κ2) is 14.2. The molecule has 0 spiro atoms. The third-order valence-electron chi connectivity index (χ3n) is 11.2. The third-order valence-corrected chi connectivity index (χ3v) is 31.6. The molecule has 290 valence electrons. The van der Waals surface area contributed by atoms with Gasteiger partial charge in [0.25, 0.3) is 0 Å². The molecule has 0 heterocycles. The standard InChI is InChI=1S/C30H33.C17H9F6.2ClH.Hf/c1-29(2,3)24-17-23(18-25(20-24)30(4,5)6)27-19-22-14-10-11-15-26(22)28(27)16-21-12-8-7-9-13-21;18-16(19,20)14-7-13(8-15(9-14)17(21,22)23)12-5-10-3-1-2-4-11(10)6-12;;;/h7-15,17-20H,16H2,1-6H3;1-9H;2*1H;/q;;;;+2/p-2. The summed E-state index contributed by atoms with van der Waals surface area (Å²) in [4.78, 5) is 0. The number of halogens is 8. The van der Waals surface area contributed by atoms with Crippen LogP contribution in [0.5, 0.6) is 0 Å². The molecule has 2 aliphatic rings. The van der Waals surface area contributed by atoms with Crippen molar-refractivity contribution in [2.45, 2.75) is 78.0 Å². The summed E-state index contributed by atoms with van der Waals surface area (Å²) in [5.74, 6) is 0. The molecule has 5 aromatic carbocycles. The van der Waals surface area contributed by atoms with Crippen molar-refractivity contribution in [3.8, 4) is 0 Å². The Balaban J connectivity index is 1.56. The van der Waals surface area contributed by atoms with Crippen LogP contribution in [0.3, 0.4) is 0 Å². The van der Waals surface area contributed by atoms with Crippen LogP contribution in [0.25, 0.3) is 23.3 Å². The number of rotatable bonds is 6. The zero-order chi connectivity index (χ0) is 40.6. The molecule has 2 atom stereocenters. The molecule has 0 saturated heterocycles. The first-order valence-corrected chi connectivity index (χ1v) is 31.3. The molecule has 0 bridgehead atoms. The van der Waals surface area contributed by atoms with E-state index in [0.717, 1.165) is 51.1 Å². The summed E-state index contributed by atoms with van der Waals surface area (Å²) in [6.07, 6.45) is -5.84. The first-order valence-electron chi connectivity index (χ1n) is 18.5. The second-order valence-corrected chi connectivity index (χ2v) is 38.1. The van der Waals surface area contributed by atoms with E-state index >= 15 is 0 Å². The molecule has 0 amide bonds. The van der Waals surface area contributed by atoms with Gasteiger partial charge in [0.1, 0.15) is 0 Å². The zero-order valence-corrected chi connectivity index (χ0v) is 37.0. The summed E-state index contributed by atoms with van der Waals surface area (Å²) in [5, 5.41) is 0. The maximum atomic E-state index is 14.4. The van der Waals surface area contributed by atoms with Gasteiger partial charge in [-0.25, -0.2) is 0 Å². The fraction of sp³-hybridized carbons (Fsp3) is 0.277. The summed E-state index contributed by atoms with van der Waals surface area (Å²) in [5.41, 5.74) is 5.10. The van der Waals surface area contributed by atoms with E-state index in [2.05, 4.69) is 65.8 Å². The molecular formula is C47H42Cl2F6Hf. The predicted octanol–water partition coefficient (Wildman–Crippen LogP) is 15.1. The Hall–Kier alpha value is -3.39. The molecular weight excluding hydrogens is 928 g/mol. The molecule has 0 saturated carbocycles. The van der Waals surface area contributed by atoms with E-state index in [1.165, 1.54) is 0 Å². The number of alkyl halides is 6. The molecule has 0 fully saturated rings. The van der Waals surface area contributed by atoms with E-state index in [1.807, 2.05) is 72.8 Å². The van der Waals surface area contributed by atoms with Crippen LogP contribution in [0.4, 0.5) is 26.3 Å². The van der Waals surface area contributed by atoms with E-state index in [1.54, 1.807) is 12.1 Å². The molecule has 5 aromatic rings. The summed E-state index contributed by atoms with van der Waals surface area (Å²) in [6.45, 7) is 13.0. The first kappa shape index (κ1) is 40.8. The summed E-state index contributed by atoms with van der Waals surface area (Å²) >= 11 is -5.53. The Bertz CT molecular complexity index is 2310. The monoisotopic (exact) mass is 970 g/mol. The van der Waals surface area contributed by atoms with Gasteiger partial charge in [-0.2, -0.15) is 0 Å². The van der Waals surface area contributed by atoms with Crippen LogP contribution >= 0.6 is 17.2 Å². The van der Waals surface area contributed by atoms with Crippen LogP contribution in [0.2, 0.25) is 0 Å². The second-order valence-electron chi connectivity index (χ2n) is 17.1. The topological polar surface area (TPSA) is 0 Å². The number of hydrogen-bond donors (Lipinski definition) is 0. The van der Waals surface area contributed by atoms with E-state index in [4.69, 9.17) is 17.2 Å². The summed E-state index contributed by atoms with van der Waals surface area (Å²) < 4.78 is 84.3. The molecule has 0 nitrogen and oxygen atoms in total. The Morgan fingerprint density at radius 3 is 1.59 bits per heavy atom. The van der Waals surface area contributed by atoms with Crippen molar-refractivity contribution in [2.75, 3.05) is 0 Å². The molecule has 0 N–H and O–H groups in total. The van der Waals surface area contributed by atoms with Crippen LogP contribution in [0, 0.1) is 0 Å². The van der Waals surface area contributed by atoms with Crippen molar-refractivity contribution in [3.05, 3.63) is 176 Å². The molecule has 0 radical (unpaired) electrons. The number of allylic oxidation sites excluding steroid dienone is 2. The minimum absolute atomic E-state index is 0.167. The van der Waals surface area contributed by atoms with Crippen LogP contribution in [-0.4, -0.2) is 0 Å². The Kier molecular flexibility index (Phi) is 10.3. The molecule has 7 rings (SSSR count). The molecule has 56 heavy (non-hydrogen) atoms. The average molecular weight is 970 g/mol. The first-order chi connectivity index (χ1) is 26.0. The Morgan fingerprint density at radius 1 is 0.554 bits per heavy atom. The quantitative estimate of drug-likeness (QED) is 0.117. The average Bonchev–Trinajstić information content (AvgIpc) is 3.68. The van der Waals surface area contributed by atoms with Crippen molar-refractivity contribution in [1.29, 1.82) is 0 Å². The van der Waals surface area contributed by atoms with Gasteiger partial charge in [-0.15, -0.1) is 0 Å². The fourth-order valence-corrected chi connectivity index (χ4v) is 28.8. The fourth-order valence-electron chi connectivity index (χ4n) is 8.32. The van der Waals surface area contributed by atoms with Gasteiger partial charge in [0.2, 0.25) is 0 Å². The van der Waals surface area contributed by atoms with E-state index in [9.17, 15) is 26.3 Å². The van der Waals surface area contributed by atoms with Gasteiger partial charge in [0, 0.05) is 0 Å². The molecule has 0 aromatic heterocycles. The number of fused-ring (bicyclic) bond motifs is 2. The van der Waals surface area contributed by atoms with Gasteiger partial charge >= 0.3 is 339 Å². The van der Waals surface area contributed by atoms with Crippen molar-refractivity contribution in [1.82, 2.24) is 0 Å². The van der Waals surface area contributed by atoms with Gasteiger partial charge < -0.3 is 0 Å². The van der Waals surface area contributed by atoms with E-state index in [0.29, 0.717) is 17.5 Å². The van der Waals surface area contributed by atoms with Gasteiger partial charge in [-0.05, 0) is 0 Å². The minimum atomic E-state index is -5.53. The predicted molar refractivity (Wildman–Crippen MR) is 215 cm³/mol. The maximum absolute atomic E-state index is 14.4. The van der Waals surface area contributed by atoms with Crippen LogP contribution in [0.1, 0.15) is 106 Å². The summed E-state index contributed by atoms with van der Waals surface area (Å²) in [7, 11) is 16.8. The number of benzene rings is 5. The van der Waals surface area contributed by atoms with Crippen LogP contribution < -0.4 is 0 Å². The van der Waals surface area contributed by atoms with Crippen molar-refractivity contribution < 1.29 is 43.9 Å². The zero-order valence-electron chi connectivity index (χ0n) is 31.9. The normalized spacial score (nSPS) is 18.7. The SMILES string of the molecule is CC(C)(C)c1cc(C2=Cc3ccccc3[C]2(Cc2ccccc2)[Hf]([Cl])([Cl])[CH]2C(c3cc(C(F)(F)F)cc(C(F)(F)F)c3)=Cc3ccccc32)cc(C(C)(C)C)c1. The van der Waals surface area contributed by atoms with Gasteiger partial charge in [0.05, 0.1) is 0 Å². The van der Waals surface area contributed by atoms with Crippen LogP contribution in [-0.2, 0) is 50.4 Å². The molecule has 0 aliphatic heterocycles. The van der Waals surface area contributed by atoms with Crippen molar-refractivity contribution in [3.63, 3.8) is 0 Å². The number of hydrogen-bond acceptors (Lipinski definition) is 0.